The van der Waals surface area contributed by atoms with Crippen molar-refractivity contribution in [3.8, 4) is 0 Å². The third-order valence-corrected chi connectivity index (χ3v) is 1.52. The lowest BCUT2D eigenvalue weighted by atomic mass is 9.95. The molecule has 14 heavy (non-hydrogen) atoms. The van der Waals surface area contributed by atoms with Crippen LogP contribution in [0.5, 0.6) is 0 Å². The fraction of sp³-hybridized carbons (Fsp3) is 0.800. The van der Waals surface area contributed by atoms with E-state index in [1.165, 1.54) is 0 Å². The van der Waals surface area contributed by atoms with Crippen molar-refractivity contribution in [2.45, 2.75) is 17.6 Å². The summed E-state index contributed by atoms with van der Waals surface area (Å²) in [7, 11) is 0. The molecule has 9 heteroatoms. The summed E-state index contributed by atoms with van der Waals surface area (Å²) in [5.74, 6) is -7.80. The Morgan fingerprint density at radius 1 is 1.21 bits per heavy atom. The summed E-state index contributed by atoms with van der Waals surface area (Å²) >= 11 is 0. The maximum absolute atomic E-state index is 12.7. The van der Waals surface area contributed by atoms with Gasteiger partial charge < -0.3 is 5.11 Å². The van der Waals surface area contributed by atoms with Crippen LogP contribution in [0, 0.1) is 0 Å². The molecule has 0 aliphatic rings. The number of carbonyl (C=O) groups is 1. The van der Waals surface area contributed by atoms with Crippen LogP contribution in [-0.2, 0) is 4.79 Å². The van der Waals surface area contributed by atoms with Crippen LogP contribution in [0.2, 0.25) is 0 Å². The zero-order chi connectivity index (χ0) is 11.8. The molecule has 0 bridgehead atoms. The van der Waals surface area contributed by atoms with E-state index in [4.69, 9.17) is 5.11 Å². The molecule has 0 aromatic rings. The van der Waals surface area contributed by atoms with Crippen LogP contribution in [0.15, 0.2) is 0 Å². The average molecular weight is 225 g/mol. The topological polar surface area (TPSA) is 63.3 Å². The molecular weight excluding hydrogens is 220 g/mol. The molecule has 0 aliphatic heterocycles. The predicted molar refractivity (Wildman–Crippen MR) is 31.5 cm³/mol. The number of halogens is 6. The molecule has 0 heterocycles. The van der Waals surface area contributed by atoms with E-state index in [0.717, 1.165) is 0 Å². The standard InChI is InChI=1S/C5H5F6NO2/c6-1-3(7,5(9,10)11)4(8,12)2(13)14/h1,12H2,(H,13,14). The molecule has 0 saturated heterocycles. The van der Waals surface area contributed by atoms with Gasteiger partial charge >= 0.3 is 17.9 Å². The van der Waals surface area contributed by atoms with E-state index in [1.54, 1.807) is 0 Å². The molecule has 84 valence electrons. The lowest BCUT2D eigenvalue weighted by Crippen LogP contribution is -2.67. The Kier molecular flexibility index (Phi) is 3.06. The van der Waals surface area contributed by atoms with Gasteiger partial charge in [-0.15, -0.1) is 0 Å². The maximum Gasteiger partial charge on any atom is 0.430 e. The number of nitrogens with two attached hydrogens (primary N) is 1. The lowest BCUT2D eigenvalue weighted by molar-refractivity contribution is -0.276. The van der Waals surface area contributed by atoms with Crippen LogP contribution in [0.4, 0.5) is 26.3 Å². The predicted octanol–water partition coefficient (Wildman–Crippen LogP) is 0.936. The van der Waals surface area contributed by atoms with Gasteiger partial charge in [0.25, 0.3) is 5.67 Å². The Labute approximate surface area is 73.5 Å². The summed E-state index contributed by atoms with van der Waals surface area (Å²) in [5.41, 5.74) is -1.32. The van der Waals surface area contributed by atoms with Crippen LogP contribution in [0.25, 0.3) is 0 Å². The molecule has 0 aromatic carbocycles. The quantitative estimate of drug-likeness (QED) is 0.554. The summed E-state index contributed by atoms with van der Waals surface area (Å²) in [5, 5.41) is 7.86. The molecule has 0 fully saturated rings. The summed E-state index contributed by atoms with van der Waals surface area (Å²) in [6.07, 6.45) is -6.05. The molecule has 3 nitrogen and oxygen atoms in total. The average Bonchev–Trinajstić information content (AvgIpc) is 2.00. The van der Waals surface area contributed by atoms with Crippen LogP contribution in [0.3, 0.4) is 0 Å². The van der Waals surface area contributed by atoms with Gasteiger partial charge in [0, 0.05) is 0 Å². The van der Waals surface area contributed by atoms with E-state index in [2.05, 4.69) is 5.73 Å². The Morgan fingerprint density at radius 2 is 1.57 bits per heavy atom. The Bertz CT molecular complexity index is 239. The minimum Gasteiger partial charge on any atom is -0.478 e. The van der Waals surface area contributed by atoms with Crippen molar-refractivity contribution < 1.29 is 36.2 Å². The van der Waals surface area contributed by atoms with E-state index < -0.39 is 30.3 Å². The number of aliphatic carboxylic acids is 1. The molecule has 0 aliphatic carbocycles. The minimum absolute atomic E-state index is 2.92. The van der Waals surface area contributed by atoms with E-state index >= 15 is 0 Å². The lowest BCUT2D eigenvalue weighted by Gasteiger charge is -2.32. The fourth-order valence-electron chi connectivity index (χ4n) is 0.549. The van der Waals surface area contributed by atoms with Gasteiger partial charge in [0.1, 0.15) is 6.67 Å². The zero-order valence-corrected chi connectivity index (χ0v) is 6.41. The first-order chi connectivity index (χ1) is 6.00. The van der Waals surface area contributed by atoms with Crippen molar-refractivity contribution in [3.63, 3.8) is 0 Å². The van der Waals surface area contributed by atoms with Gasteiger partial charge in [0.05, 0.1) is 0 Å². The van der Waals surface area contributed by atoms with E-state index in [0.29, 0.717) is 0 Å². The Morgan fingerprint density at radius 3 is 1.64 bits per heavy atom. The molecule has 0 amide bonds. The van der Waals surface area contributed by atoms with Gasteiger partial charge in [-0.25, -0.2) is 18.0 Å². The molecule has 2 atom stereocenters. The van der Waals surface area contributed by atoms with Crippen molar-refractivity contribution in [1.29, 1.82) is 0 Å². The third kappa shape index (κ3) is 1.63. The summed E-state index contributed by atoms with van der Waals surface area (Å²) in [6, 6.07) is 0. The van der Waals surface area contributed by atoms with Crippen LogP contribution < -0.4 is 5.73 Å². The van der Waals surface area contributed by atoms with Crippen molar-refractivity contribution in [3.05, 3.63) is 0 Å². The maximum atomic E-state index is 12.7. The second kappa shape index (κ2) is 3.30. The first kappa shape index (κ1) is 13.0. The van der Waals surface area contributed by atoms with E-state index in [-0.39, 0.29) is 0 Å². The number of rotatable bonds is 3. The van der Waals surface area contributed by atoms with Gasteiger partial charge in [-0.2, -0.15) is 13.2 Å². The highest BCUT2D eigenvalue weighted by atomic mass is 19.4. The van der Waals surface area contributed by atoms with Gasteiger partial charge in [-0.3, -0.25) is 5.73 Å². The van der Waals surface area contributed by atoms with Crippen molar-refractivity contribution in [2.75, 3.05) is 6.67 Å². The van der Waals surface area contributed by atoms with Crippen molar-refractivity contribution >= 4 is 5.97 Å². The zero-order valence-electron chi connectivity index (χ0n) is 6.41. The first-order valence-electron chi connectivity index (χ1n) is 3.03. The van der Waals surface area contributed by atoms with Crippen LogP contribution in [0.1, 0.15) is 0 Å². The highest BCUT2D eigenvalue weighted by Gasteiger charge is 2.72. The number of hydrogen-bond acceptors (Lipinski definition) is 2. The minimum atomic E-state index is -6.05. The summed E-state index contributed by atoms with van der Waals surface area (Å²) in [4.78, 5) is 9.87. The van der Waals surface area contributed by atoms with Crippen LogP contribution >= 0.6 is 0 Å². The second-order valence-corrected chi connectivity index (χ2v) is 2.45. The number of hydrogen-bond donors (Lipinski definition) is 2. The Hall–Kier alpha value is -0.990. The number of alkyl halides is 6. The highest BCUT2D eigenvalue weighted by Crippen LogP contribution is 2.42. The van der Waals surface area contributed by atoms with Gasteiger partial charge in [-0.1, -0.05) is 0 Å². The Balaban J connectivity index is 5.36. The molecule has 0 aromatic heterocycles. The van der Waals surface area contributed by atoms with Crippen LogP contribution in [-0.4, -0.2) is 35.4 Å². The SMILES string of the molecule is NC(F)(C(=O)O)C(F)(CF)C(F)(F)F. The smallest absolute Gasteiger partial charge is 0.430 e. The third-order valence-electron chi connectivity index (χ3n) is 1.52. The molecule has 3 N–H and O–H groups in total. The summed E-state index contributed by atoms with van der Waals surface area (Å²) in [6.45, 7) is -2.92. The van der Waals surface area contributed by atoms with Gasteiger partial charge in [0.2, 0.25) is 0 Å². The largest absolute Gasteiger partial charge is 0.478 e. The van der Waals surface area contributed by atoms with Crippen molar-refractivity contribution in [2.24, 2.45) is 5.73 Å². The second-order valence-electron chi connectivity index (χ2n) is 2.45. The molecular formula is C5H5F6NO2. The number of carboxylic acid groups (broad SMARTS) is 1. The molecule has 0 spiro atoms. The first-order valence-corrected chi connectivity index (χ1v) is 3.03. The molecule has 0 saturated carbocycles. The van der Waals surface area contributed by atoms with E-state index in [1.807, 2.05) is 0 Å². The van der Waals surface area contributed by atoms with Gasteiger partial charge in [-0.05, 0) is 0 Å². The van der Waals surface area contributed by atoms with Crippen molar-refractivity contribution in [1.82, 2.24) is 0 Å². The summed E-state index contributed by atoms with van der Waals surface area (Å²) < 4.78 is 72.3. The molecule has 0 radical (unpaired) electrons. The fourth-order valence-corrected chi connectivity index (χ4v) is 0.549. The molecule has 0 rings (SSSR count). The monoisotopic (exact) mass is 225 g/mol. The highest BCUT2D eigenvalue weighted by molar-refractivity contribution is 5.78. The van der Waals surface area contributed by atoms with Gasteiger partial charge in [0.15, 0.2) is 0 Å². The molecule has 2 unspecified atom stereocenters. The normalized spacial score (nSPS) is 21.1. The van der Waals surface area contributed by atoms with E-state index in [9.17, 15) is 31.1 Å². The number of carboxylic acids is 1.